The van der Waals surface area contributed by atoms with Crippen LogP contribution in [0.3, 0.4) is 0 Å². The number of unbranched alkanes of at least 4 members (excludes halogenated alkanes) is 1. The molecule has 0 unspecified atom stereocenters. The largest absolute Gasteiger partial charge is 0.478 e. The van der Waals surface area contributed by atoms with Crippen molar-refractivity contribution in [3.05, 3.63) is 64.9 Å². The first-order chi connectivity index (χ1) is 13.3. The van der Waals surface area contributed by atoms with E-state index in [9.17, 15) is 18.3 Å². The molecule has 0 fully saturated rings. The fourth-order valence-corrected chi connectivity index (χ4v) is 2.99. The van der Waals surface area contributed by atoms with Crippen molar-refractivity contribution in [2.75, 3.05) is 13.1 Å². The molecule has 154 valence electrons. The van der Waals surface area contributed by atoms with E-state index in [1.807, 2.05) is 25.1 Å². The number of hydrogen-bond donors (Lipinski definition) is 3. The predicted octanol–water partition coefficient (Wildman–Crippen LogP) is 3.15. The highest BCUT2D eigenvalue weighted by Crippen LogP contribution is 2.13. The number of nitrogens with one attached hydrogen (secondary N) is 2. The van der Waals surface area contributed by atoms with Gasteiger partial charge in [0, 0.05) is 13.1 Å². The van der Waals surface area contributed by atoms with Crippen LogP contribution < -0.4 is 14.8 Å². The number of allylic oxidation sites excluding steroid dienone is 2. The summed E-state index contributed by atoms with van der Waals surface area (Å²) in [5, 5.41) is 12.6. The zero-order chi connectivity index (χ0) is 21.0. The highest BCUT2D eigenvalue weighted by atomic mass is 32.2. The summed E-state index contributed by atoms with van der Waals surface area (Å²) >= 11 is 0. The first-order valence-electron chi connectivity index (χ1n) is 9.08. The topological polar surface area (TPSA) is 105 Å². The van der Waals surface area contributed by atoms with Gasteiger partial charge < -0.3 is 15.2 Å². The summed E-state index contributed by atoms with van der Waals surface area (Å²) in [7, 11) is -3.72. The fraction of sp³-hybridized carbons (Fsp3) is 0.350. The monoisotopic (exact) mass is 408 g/mol. The van der Waals surface area contributed by atoms with Gasteiger partial charge in [-0.3, -0.25) is 0 Å². The maximum atomic E-state index is 12.0. The number of carbonyl (C=O) groups is 1. The van der Waals surface area contributed by atoms with Crippen LogP contribution in [0.25, 0.3) is 0 Å². The molecule has 0 radical (unpaired) electrons. The van der Waals surface area contributed by atoms with Crippen LogP contribution in [0.2, 0.25) is 0 Å². The number of aliphatic carboxylic acids is 1. The van der Waals surface area contributed by atoms with E-state index < -0.39 is 16.0 Å². The van der Waals surface area contributed by atoms with Gasteiger partial charge in [-0.25, -0.2) is 17.9 Å². The Morgan fingerprint density at radius 3 is 2.43 bits per heavy atom. The Bertz CT molecular complexity index is 827. The summed E-state index contributed by atoms with van der Waals surface area (Å²) in [5.41, 5.74) is 0.255. The van der Waals surface area contributed by atoms with Crippen LogP contribution in [0.15, 0.2) is 64.9 Å². The second-order valence-electron chi connectivity index (χ2n) is 5.95. The number of carboxylic acids is 1. The van der Waals surface area contributed by atoms with Gasteiger partial charge >= 0.3 is 5.97 Å². The summed E-state index contributed by atoms with van der Waals surface area (Å²) < 4.78 is 32.0. The molecule has 0 spiro atoms. The number of ether oxygens (including phenoxy) is 1. The molecule has 28 heavy (non-hydrogen) atoms. The Kier molecular flexibility index (Phi) is 10.0. The lowest BCUT2D eigenvalue weighted by atomic mass is 10.2. The molecular weight excluding hydrogens is 380 g/mol. The van der Waals surface area contributed by atoms with E-state index >= 15 is 0 Å². The van der Waals surface area contributed by atoms with Crippen LogP contribution in [-0.2, 0) is 14.8 Å². The molecule has 1 rings (SSSR count). The van der Waals surface area contributed by atoms with Gasteiger partial charge in [0.25, 0.3) is 0 Å². The van der Waals surface area contributed by atoms with Crippen molar-refractivity contribution >= 4 is 16.0 Å². The third-order valence-corrected chi connectivity index (χ3v) is 5.23. The smallest absolute Gasteiger partial charge is 0.335 e. The molecule has 0 bridgehead atoms. The quantitative estimate of drug-likeness (QED) is 0.212. The van der Waals surface area contributed by atoms with Gasteiger partial charge in [0.1, 0.15) is 12.0 Å². The molecule has 7 nitrogen and oxygen atoms in total. The molecule has 0 heterocycles. The number of rotatable bonds is 12. The summed E-state index contributed by atoms with van der Waals surface area (Å²) in [6.07, 6.45) is 5.75. The Balaban J connectivity index is 3.19. The number of carboxylic acid groups (broad SMARTS) is 1. The third kappa shape index (κ3) is 8.41. The molecule has 0 aliphatic carbocycles. The van der Waals surface area contributed by atoms with Gasteiger partial charge in [0.15, 0.2) is 0 Å². The zero-order valence-corrected chi connectivity index (χ0v) is 17.3. The molecule has 0 saturated heterocycles. The van der Waals surface area contributed by atoms with Gasteiger partial charge in [-0.05, 0) is 37.6 Å². The second kappa shape index (κ2) is 12.0. The highest BCUT2D eigenvalue weighted by Gasteiger charge is 2.15. The molecular formula is C20H28N2O5S. The van der Waals surface area contributed by atoms with E-state index in [-0.39, 0.29) is 17.0 Å². The molecule has 0 aliphatic rings. The summed E-state index contributed by atoms with van der Waals surface area (Å²) in [6.45, 7) is 5.89. The average molecular weight is 409 g/mol. The number of benzene rings is 1. The Hall–Kier alpha value is -2.58. The lowest BCUT2D eigenvalue weighted by molar-refractivity contribution is -0.132. The molecule has 8 heteroatoms. The van der Waals surface area contributed by atoms with Crippen LogP contribution in [0.5, 0.6) is 5.75 Å². The van der Waals surface area contributed by atoms with Crippen molar-refractivity contribution < 1.29 is 23.1 Å². The van der Waals surface area contributed by atoms with Gasteiger partial charge in [-0.15, -0.1) is 0 Å². The molecule has 0 saturated carbocycles. The van der Waals surface area contributed by atoms with Crippen LogP contribution >= 0.6 is 0 Å². The van der Waals surface area contributed by atoms with Crippen LogP contribution in [0.4, 0.5) is 0 Å². The standard InChI is InChI=1S/C20H28N2O5S/c1-4-6-12-21-18(15-27-19-10-8-7-9-11-19)14-17(20(23)24)13-16(3)28(25,26)22-5-2/h7-11,13-15,21-22H,4-6,12H2,1-3H3,(H,23,24)/b16-13+,17-14+,18-15-. The lowest BCUT2D eigenvalue weighted by Crippen LogP contribution is -2.24. The first kappa shape index (κ1) is 23.5. The predicted molar refractivity (Wildman–Crippen MR) is 110 cm³/mol. The maximum Gasteiger partial charge on any atom is 0.335 e. The van der Waals surface area contributed by atoms with Gasteiger partial charge in [-0.2, -0.15) is 0 Å². The number of sulfonamides is 1. The molecule has 3 N–H and O–H groups in total. The van der Waals surface area contributed by atoms with E-state index in [1.54, 1.807) is 19.1 Å². The molecule has 0 amide bonds. The minimum Gasteiger partial charge on any atom is -0.478 e. The van der Waals surface area contributed by atoms with E-state index in [1.165, 1.54) is 19.3 Å². The summed E-state index contributed by atoms with van der Waals surface area (Å²) in [4.78, 5) is 11.6. The summed E-state index contributed by atoms with van der Waals surface area (Å²) in [6, 6.07) is 9.05. The highest BCUT2D eigenvalue weighted by molar-refractivity contribution is 7.93. The Labute approximate surface area is 166 Å². The van der Waals surface area contributed by atoms with Crippen molar-refractivity contribution in [2.24, 2.45) is 0 Å². The van der Waals surface area contributed by atoms with E-state index in [2.05, 4.69) is 10.0 Å². The van der Waals surface area contributed by atoms with E-state index in [0.717, 1.165) is 18.9 Å². The van der Waals surface area contributed by atoms with Crippen molar-refractivity contribution in [1.29, 1.82) is 0 Å². The normalized spacial score (nSPS) is 13.3. The molecule has 0 atom stereocenters. The van der Waals surface area contributed by atoms with Crippen molar-refractivity contribution in [2.45, 2.75) is 33.6 Å². The van der Waals surface area contributed by atoms with Crippen molar-refractivity contribution in [3.8, 4) is 5.75 Å². The van der Waals surface area contributed by atoms with Gasteiger partial charge in [-0.1, -0.05) is 38.5 Å². The molecule has 0 aromatic heterocycles. The molecule has 0 aliphatic heterocycles. The first-order valence-corrected chi connectivity index (χ1v) is 10.6. The third-order valence-electron chi connectivity index (χ3n) is 3.60. The number of hydrogen-bond acceptors (Lipinski definition) is 5. The summed E-state index contributed by atoms with van der Waals surface area (Å²) in [5.74, 6) is -0.641. The SMILES string of the molecule is CCCCNC(=C\Oc1ccccc1)/C=C(\C=C(/C)S(=O)(=O)NCC)C(=O)O. The lowest BCUT2D eigenvalue weighted by Gasteiger charge is -2.09. The maximum absolute atomic E-state index is 12.0. The molecule has 1 aromatic rings. The number of para-hydroxylation sites is 1. The Morgan fingerprint density at radius 2 is 1.86 bits per heavy atom. The van der Waals surface area contributed by atoms with Crippen molar-refractivity contribution in [3.63, 3.8) is 0 Å². The van der Waals surface area contributed by atoms with Crippen LogP contribution in [-0.4, -0.2) is 32.6 Å². The van der Waals surface area contributed by atoms with Crippen molar-refractivity contribution in [1.82, 2.24) is 10.0 Å². The van der Waals surface area contributed by atoms with Gasteiger partial charge in [0.05, 0.1) is 16.2 Å². The average Bonchev–Trinajstić information content (AvgIpc) is 2.65. The second-order valence-corrected chi connectivity index (χ2v) is 7.89. The zero-order valence-electron chi connectivity index (χ0n) is 16.4. The van der Waals surface area contributed by atoms with Crippen LogP contribution in [0, 0.1) is 0 Å². The molecule has 1 aromatic carbocycles. The Morgan fingerprint density at radius 1 is 1.18 bits per heavy atom. The minimum absolute atomic E-state index is 0.0834. The van der Waals surface area contributed by atoms with E-state index in [0.29, 0.717) is 18.0 Å². The fourth-order valence-electron chi connectivity index (χ4n) is 2.10. The minimum atomic E-state index is -3.72. The van der Waals surface area contributed by atoms with E-state index in [4.69, 9.17) is 4.74 Å². The van der Waals surface area contributed by atoms with Crippen LogP contribution in [0.1, 0.15) is 33.6 Å². The van der Waals surface area contributed by atoms with Gasteiger partial charge in [0.2, 0.25) is 10.0 Å².